The molecule has 8 nitrogen and oxygen atoms in total. The highest BCUT2D eigenvalue weighted by molar-refractivity contribution is 7.92. The Kier molecular flexibility index (Phi) is 4.66. The third-order valence-electron chi connectivity index (χ3n) is 3.49. The van der Waals surface area contributed by atoms with E-state index >= 15 is 0 Å². The lowest BCUT2D eigenvalue weighted by Crippen LogP contribution is -2.15. The summed E-state index contributed by atoms with van der Waals surface area (Å²) in [5.74, 6) is 0.454. The van der Waals surface area contributed by atoms with E-state index in [1.54, 1.807) is 44.6 Å². The molecule has 0 aliphatic carbocycles. The summed E-state index contributed by atoms with van der Waals surface area (Å²) in [6.07, 6.45) is 5.01. The van der Waals surface area contributed by atoms with Crippen LogP contribution in [0.4, 0.5) is 11.5 Å². The van der Waals surface area contributed by atoms with Crippen LogP contribution in [0.25, 0.3) is 0 Å². The second-order valence-corrected chi connectivity index (χ2v) is 7.02. The molecule has 3 heterocycles. The zero-order valence-corrected chi connectivity index (χ0v) is 14.5. The van der Waals surface area contributed by atoms with Crippen molar-refractivity contribution in [3.05, 3.63) is 59.9 Å². The van der Waals surface area contributed by atoms with Crippen molar-refractivity contribution in [3.8, 4) is 0 Å². The Morgan fingerprint density at radius 1 is 1.12 bits per heavy atom. The highest BCUT2D eigenvalue weighted by Gasteiger charge is 2.24. The van der Waals surface area contributed by atoms with Gasteiger partial charge in [-0.1, -0.05) is 5.16 Å². The van der Waals surface area contributed by atoms with E-state index in [1.807, 2.05) is 12.1 Å². The number of nitrogens with one attached hydrogen (secondary N) is 2. The lowest BCUT2D eigenvalue weighted by atomic mass is 10.2. The molecular weight excluding hydrogens is 342 g/mol. The third-order valence-corrected chi connectivity index (χ3v) is 5.08. The summed E-state index contributed by atoms with van der Waals surface area (Å²) in [6.45, 7) is 3.74. The number of anilines is 2. The standard InChI is InChI=1S/C16H17N5O3S/c1-11-16(12(2)24-20-11)25(22,23)21-15-4-3-14(10-19-15)18-9-13-5-7-17-8-6-13/h3-8,10,18H,9H2,1-2H3,(H,19,21). The fraction of sp³-hybridized carbons (Fsp3) is 0.188. The van der Waals surface area contributed by atoms with E-state index in [2.05, 4.69) is 25.2 Å². The topological polar surface area (TPSA) is 110 Å². The zero-order valence-electron chi connectivity index (χ0n) is 13.7. The smallest absolute Gasteiger partial charge is 0.268 e. The number of sulfonamides is 1. The average Bonchev–Trinajstić information content (AvgIpc) is 2.94. The maximum absolute atomic E-state index is 12.4. The van der Waals surface area contributed by atoms with Crippen LogP contribution >= 0.6 is 0 Å². The van der Waals surface area contributed by atoms with E-state index in [1.165, 1.54) is 0 Å². The minimum absolute atomic E-state index is 0.0363. The van der Waals surface area contributed by atoms with Crippen LogP contribution in [0.15, 0.2) is 52.3 Å². The Hall–Kier alpha value is -2.94. The molecule has 0 bridgehead atoms. The fourth-order valence-corrected chi connectivity index (χ4v) is 3.65. The second-order valence-electron chi connectivity index (χ2n) is 5.40. The Morgan fingerprint density at radius 3 is 2.48 bits per heavy atom. The Morgan fingerprint density at radius 2 is 1.88 bits per heavy atom. The number of pyridine rings is 2. The lowest BCUT2D eigenvalue weighted by molar-refractivity contribution is 0.390. The van der Waals surface area contributed by atoms with Gasteiger partial charge in [0.25, 0.3) is 10.0 Å². The molecule has 0 aliphatic rings. The van der Waals surface area contributed by atoms with Gasteiger partial charge in [-0.05, 0) is 43.7 Å². The molecule has 0 radical (unpaired) electrons. The normalized spacial score (nSPS) is 11.3. The first kappa shape index (κ1) is 16.9. The maximum Gasteiger partial charge on any atom is 0.268 e. The number of hydrogen-bond acceptors (Lipinski definition) is 7. The fourth-order valence-electron chi connectivity index (χ4n) is 2.31. The zero-order chi connectivity index (χ0) is 17.9. The molecule has 3 aromatic heterocycles. The summed E-state index contributed by atoms with van der Waals surface area (Å²) in [7, 11) is -3.80. The number of aryl methyl sites for hydroxylation is 2. The molecule has 0 saturated carbocycles. The molecule has 0 saturated heterocycles. The van der Waals surface area contributed by atoms with E-state index in [4.69, 9.17) is 4.52 Å². The second kappa shape index (κ2) is 6.89. The summed E-state index contributed by atoms with van der Waals surface area (Å²) >= 11 is 0. The molecule has 0 aliphatic heterocycles. The summed E-state index contributed by atoms with van der Waals surface area (Å²) < 4.78 is 32.2. The molecule has 0 amide bonds. The molecule has 130 valence electrons. The van der Waals surface area contributed by atoms with Crippen molar-refractivity contribution < 1.29 is 12.9 Å². The van der Waals surface area contributed by atoms with E-state index < -0.39 is 10.0 Å². The van der Waals surface area contributed by atoms with Gasteiger partial charge in [0, 0.05) is 18.9 Å². The molecule has 0 fully saturated rings. The van der Waals surface area contributed by atoms with Gasteiger partial charge >= 0.3 is 0 Å². The number of rotatable bonds is 6. The molecule has 25 heavy (non-hydrogen) atoms. The average molecular weight is 359 g/mol. The van der Waals surface area contributed by atoms with Crippen LogP contribution in [-0.2, 0) is 16.6 Å². The van der Waals surface area contributed by atoms with Crippen molar-refractivity contribution >= 4 is 21.5 Å². The molecule has 0 spiro atoms. The Bertz CT molecular complexity index is 934. The highest BCUT2D eigenvalue weighted by atomic mass is 32.2. The third kappa shape index (κ3) is 3.94. The summed E-state index contributed by atoms with van der Waals surface area (Å²) in [5, 5.41) is 6.87. The number of nitrogens with zero attached hydrogens (tertiary/aromatic N) is 3. The van der Waals surface area contributed by atoms with Gasteiger partial charge in [-0.3, -0.25) is 9.71 Å². The van der Waals surface area contributed by atoms with Gasteiger partial charge < -0.3 is 9.84 Å². The molecule has 3 rings (SSSR count). The van der Waals surface area contributed by atoms with Gasteiger partial charge in [-0.25, -0.2) is 13.4 Å². The van der Waals surface area contributed by atoms with Gasteiger partial charge in [0.2, 0.25) is 0 Å². The van der Waals surface area contributed by atoms with Crippen LogP contribution in [0.2, 0.25) is 0 Å². The van der Waals surface area contributed by atoms with Gasteiger partial charge in [0.15, 0.2) is 10.7 Å². The number of hydrogen-bond donors (Lipinski definition) is 2. The van der Waals surface area contributed by atoms with Gasteiger partial charge in [-0.2, -0.15) is 0 Å². The number of aromatic nitrogens is 3. The predicted octanol–water partition coefficient (Wildman–Crippen LogP) is 2.49. The van der Waals surface area contributed by atoms with Crippen LogP contribution in [0.3, 0.4) is 0 Å². The van der Waals surface area contributed by atoms with E-state index in [0.717, 1.165) is 11.3 Å². The van der Waals surface area contributed by atoms with Crippen LogP contribution in [0.5, 0.6) is 0 Å². The quantitative estimate of drug-likeness (QED) is 0.695. The van der Waals surface area contributed by atoms with Crippen molar-refractivity contribution in [2.75, 3.05) is 10.0 Å². The van der Waals surface area contributed by atoms with Crippen molar-refractivity contribution in [2.24, 2.45) is 0 Å². The van der Waals surface area contributed by atoms with E-state index in [9.17, 15) is 8.42 Å². The highest BCUT2D eigenvalue weighted by Crippen LogP contribution is 2.22. The minimum Gasteiger partial charge on any atom is -0.380 e. The monoisotopic (exact) mass is 359 g/mol. The minimum atomic E-state index is -3.80. The molecule has 9 heteroatoms. The van der Waals surface area contributed by atoms with Crippen molar-refractivity contribution in [1.82, 2.24) is 15.1 Å². The molecule has 0 atom stereocenters. The van der Waals surface area contributed by atoms with Gasteiger partial charge in [0.1, 0.15) is 11.5 Å². The molecule has 0 aromatic carbocycles. The summed E-state index contributed by atoms with van der Waals surface area (Å²) in [6, 6.07) is 7.16. The molecule has 3 aromatic rings. The predicted molar refractivity (Wildman–Crippen MR) is 92.6 cm³/mol. The largest absolute Gasteiger partial charge is 0.380 e. The van der Waals surface area contributed by atoms with Crippen molar-refractivity contribution in [3.63, 3.8) is 0 Å². The van der Waals surface area contributed by atoms with Gasteiger partial charge in [0.05, 0.1) is 11.9 Å². The first-order valence-corrected chi connectivity index (χ1v) is 8.98. The molecule has 0 unspecified atom stereocenters. The van der Waals surface area contributed by atoms with Crippen LogP contribution in [0.1, 0.15) is 17.0 Å². The summed E-state index contributed by atoms with van der Waals surface area (Å²) in [4.78, 5) is 8.13. The molecular formula is C16H17N5O3S. The van der Waals surface area contributed by atoms with Crippen LogP contribution < -0.4 is 10.0 Å². The van der Waals surface area contributed by atoms with Crippen molar-refractivity contribution in [2.45, 2.75) is 25.3 Å². The molecule has 2 N–H and O–H groups in total. The van der Waals surface area contributed by atoms with Crippen molar-refractivity contribution in [1.29, 1.82) is 0 Å². The Labute approximate surface area is 145 Å². The van der Waals surface area contributed by atoms with Crippen LogP contribution in [0, 0.1) is 13.8 Å². The lowest BCUT2D eigenvalue weighted by Gasteiger charge is -2.09. The Balaban J connectivity index is 1.68. The first-order chi connectivity index (χ1) is 12.0. The summed E-state index contributed by atoms with van der Waals surface area (Å²) in [5.41, 5.74) is 2.16. The van der Waals surface area contributed by atoms with E-state index in [-0.39, 0.29) is 16.5 Å². The van der Waals surface area contributed by atoms with E-state index in [0.29, 0.717) is 12.2 Å². The first-order valence-electron chi connectivity index (χ1n) is 7.50. The SMILES string of the molecule is Cc1noc(C)c1S(=O)(=O)Nc1ccc(NCc2ccncc2)cn1. The maximum atomic E-state index is 12.4. The van der Waals surface area contributed by atoms with Gasteiger partial charge in [-0.15, -0.1) is 0 Å². The van der Waals surface area contributed by atoms with Crippen LogP contribution in [-0.4, -0.2) is 23.5 Å².